The highest BCUT2D eigenvalue weighted by Crippen LogP contribution is 2.30. The molecule has 3 heteroatoms. The van der Waals surface area contributed by atoms with Crippen LogP contribution in [0.15, 0.2) is 52.9 Å². The van der Waals surface area contributed by atoms with Gasteiger partial charge in [-0.05, 0) is 35.9 Å². The maximum atomic E-state index is 6.28. The van der Waals surface area contributed by atoms with Gasteiger partial charge in [0.25, 0.3) is 0 Å². The molecule has 0 bridgehead atoms. The highest BCUT2D eigenvalue weighted by molar-refractivity contribution is 6.31. The molecule has 2 nitrogen and oxygen atoms in total. The van der Waals surface area contributed by atoms with Gasteiger partial charge in [-0.15, -0.1) is 0 Å². The van der Waals surface area contributed by atoms with Crippen molar-refractivity contribution in [3.63, 3.8) is 0 Å². The zero-order chi connectivity index (χ0) is 14.8. The van der Waals surface area contributed by atoms with Gasteiger partial charge in [-0.1, -0.05) is 43.6 Å². The molecule has 0 saturated heterocycles. The van der Waals surface area contributed by atoms with E-state index in [1.54, 1.807) is 0 Å². The number of fused-ring (bicyclic) bond motifs is 1. The highest BCUT2D eigenvalue weighted by Gasteiger charge is 2.09. The van der Waals surface area contributed by atoms with E-state index in [-0.39, 0.29) is 0 Å². The van der Waals surface area contributed by atoms with Crippen molar-refractivity contribution >= 4 is 22.6 Å². The number of halogens is 1. The first-order valence-electron chi connectivity index (χ1n) is 7.14. The monoisotopic (exact) mass is 299 g/mol. The van der Waals surface area contributed by atoms with Crippen LogP contribution in [-0.2, 0) is 6.54 Å². The summed E-state index contributed by atoms with van der Waals surface area (Å²) in [5, 5.41) is 5.29. The Labute approximate surface area is 129 Å². The number of rotatable bonds is 4. The summed E-state index contributed by atoms with van der Waals surface area (Å²) in [7, 11) is 0. The van der Waals surface area contributed by atoms with E-state index >= 15 is 0 Å². The number of nitrogens with one attached hydrogen (secondary N) is 1. The zero-order valence-electron chi connectivity index (χ0n) is 12.2. The van der Waals surface area contributed by atoms with Crippen LogP contribution in [0.3, 0.4) is 0 Å². The highest BCUT2D eigenvalue weighted by atomic mass is 35.5. The van der Waals surface area contributed by atoms with Crippen molar-refractivity contribution in [2.75, 3.05) is 0 Å². The molecule has 0 fully saturated rings. The average Bonchev–Trinajstić information content (AvgIpc) is 2.90. The van der Waals surface area contributed by atoms with Crippen LogP contribution in [-0.4, -0.2) is 6.04 Å². The van der Waals surface area contributed by atoms with Gasteiger partial charge in [-0.25, -0.2) is 0 Å². The van der Waals surface area contributed by atoms with Crippen molar-refractivity contribution in [1.29, 1.82) is 0 Å². The Hall–Kier alpha value is -1.77. The third kappa shape index (κ3) is 3.12. The topological polar surface area (TPSA) is 25.2 Å². The number of hydrogen-bond acceptors (Lipinski definition) is 2. The zero-order valence-corrected chi connectivity index (χ0v) is 12.9. The molecule has 1 aromatic heterocycles. The molecule has 0 radical (unpaired) electrons. The second kappa shape index (κ2) is 5.92. The van der Waals surface area contributed by atoms with E-state index in [2.05, 4.69) is 37.4 Å². The van der Waals surface area contributed by atoms with Crippen LogP contribution >= 0.6 is 11.6 Å². The lowest BCUT2D eigenvalue weighted by atomic mass is 10.1. The van der Waals surface area contributed by atoms with Gasteiger partial charge in [0, 0.05) is 28.6 Å². The van der Waals surface area contributed by atoms with Gasteiger partial charge in [0.2, 0.25) is 0 Å². The largest absolute Gasteiger partial charge is 0.456 e. The minimum absolute atomic E-state index is 0.427. The second-order valence-corrected chi connectivity index (χ2v) is 5.90. The number of benzene rings is 2. The van der Waals surface area contributed by atoms with Crippen LogP contribution in [0.2, 0.25) is 5.02 Å². The summed E-state index contributed by atoms with van der Waals surface area (Å²) in [6.45, 7) is 5.00. The summed E-state index contributed by atoms with van der Waals surface area (Å²) in [6.07, 6.45) is 0. The summed E-state index contributed by atoms with van der Waals surface area (Å²) >= 11 is 6.28. The summed E-state index contributed by atoms with van der Waals surface area (Å²) in [6, 6.07) is 16.6. The fraction of sp³-hybridized carbons (Fsp3) is 0.222. The first kappa shape index (κ1) is 14.2. The molecule has 21 heavy (non-hydrogen) atoms. The number of hydrogen-bond donors (Lipinski definition) is 1. The lowest BCUT2D eigenvalue weighted by Gasteiger charge is -2.10. The molecule has 0 unspecified atom stereocenters. The van der Waals surface area contributed by atoms with Crippen LogP contribution < -0.4 is 5.32 Å². The molecule has 1 N–H and O–H groups in total. The van der Waals surface area contributed by atoms with Gasteiger partial charge < -0.3 is 9.73 Å². The van der Waals surface area contributed by atoms with E-state index in [1.807, 2.05) is 30.3 Å². The third-order valence-corrected chi connectivity index (χ3v) is 3.83. The van der Waals surface area contributed by atoms with Crippen LogP contribution in [0.4, 0.5) is 0 Å². The standard InChI is InChI=1S/C18H18ClNO/c1-12(2)20-11-15-9-14(7-8-16(15)19)18-10-13-5-3-4-6-17(13)21-18/h3-10,12,20H,11H2,1-2H3. The van der Waals surface area contributed by atoms with Crippen molar-refractivity contribution in [1.82, 2.24) is 5.32 Å². The fourth-order valence-electron chi connectivity index (χ4n) is 2.30. The molecule has 0 aliphatic carbocycles. The SMILES string of the molecule is CC(C)NCc1cc(-c2cc3ccccc3o2)ccc1Cl. The molecule has 2 aromatic carbocycles. The Morgan fingerprint density at radius 1 is 1.10 bits per heavy atom. The molecule has 3 rings (SSSR count). The Bertz CT molecular complexity index is 728. The second-order valence-electron chi connectivity index (χ2n) is 5.49. The van der Waals surface area contributed by atoms with Gasteiger partial charge in [0.05, 0.1) is 0 Å². The number of furan rings is 1. The number of para-hydroxylation sites is 1. The molecule has 0 aliphatic rings. The summed E-state index contributed by atoms with van der Waals surface area (Å²) < 4.78 is 5.91. The quantitative estimate of drug-likeness (QED) is 0.711. The van der Waals surface area contributed by atoms with Gasteiger partial charge in [0.15, 0.2) is 0 Å². The predicted molar refractivity (Wildman–Crippen MR) is 88.6 cm³/mol. The molecule has 0 atom stereocenters. The molecule has 3 aromatic rings. The lowest BCUT2D eigenvalue weighted by molar-refractivity contribution is 0.588. The maximum Gasteiger partial charge on any atom is 0.135 e. The minimum Gasteiger partial charge on any atom is -0.456 e. The van der Waals surface area contributed by atoms with Crippen LogP contribution in [0.1, 0.15) is 19.4 Å². The molecular weight excluding hydrogens is 282 g/mol. The van der Waals surface area contributed by atoms with Crippen molar-refractivity contribution in [3.8, 4) is 11.3 Å². The van der Waals surface area contributed by atoms with Crippen LogP contribution in [0.25, 0.3) is 22.3 Å². The summed E-state index contributed by atoms with van der Waals surface area (Å²) in [4.78, 5) is 0. The first-order valence-corrected chi connectivity index (χ1v) is 7.52. The van der Waals surface area contributed by atoms with Crippen molar-refractivity contribution in [2.24, 2.45) is 0 Å². The fourth-order valence-corrected chi connectivity index (χ4v) is 2.49. The summed E-state index contributed by atoms with van der Waals surface area (Å²) in [5.74, 6) is 0.874. The van der Waals surface area contributed by atoms with Crippen molar-refractivity contribution in [3.05, 3.63) is 59.1 Å². The third-order valence-electron chi connectivity index (χ3n) is 3.46. The van der Waals surface area contributed by atoms with Crippen molar-refractivity contribution < 1.29 is 4.42 Å². The Kier molecular flexibility index (Phi) is 4.00. The van der Waals surface area contributed by atoms with Gasteiger partial charge in [-0.2, -0.15) is 0 Å². The predicted octanol–water partition coefficient (Wildman–Crippen LogP) is 5.25. The van der Waals surface area contributed by atoms with Crippen LogP contribution in [0, 0.1) is 0 Å². The Morgan fingerprint density at radius 2 is 1.90 bits per heavy atom. The first-order chi connectivity index (χ1) is 10.1. The molecule has 0 spiro atoms. The molecule has 1 heterocycles. The molecule has 108 valence electrons. The minimum atomic E-state index is 0.427. The van der Waals surface area contributed by atoms with Gasteiger partial charge in [-0.3, -0.25) is 0 Å². The van der Waals surface area contributed by atoms with Gasteiger partial charge >= 0.3 is 0 Å². The molecule has 0 amide bonds. The summed E-state index contributed by atoms with van der Waals surface area (Å²) in [5.41, 5.74) is 3.05. The lowest BCUT2D eigenvalue weighted by Crippen LogP contribution is -2.21. The molecular formula is C18H18ClNO. The van der Waals surface area contributed by atoms with E-state index in [0.717, 1.165) is 39.4 Å². The maximum absolute atomic E-state index is 6.28. The van der Waals surface area contributed by atoms with E-state index in [1.165, 1.54) is 0 Å². The average molecular weight is 300 g/mol. The Morgan fingerprint density at radius 3 is 2.67 bits per heavy atom. The van der Waals surface area contributed by atoms with E-state index < -0.39 is 0 Å². The van der Waals surface area contributed by atoms with E-state index in [4.69, 9.17) is 16.0 Å². The molecule has 0 aliphatic heterocycles. The van der Waals surface area contributed by atoms with E-state index in [9.17, 15) is 0 Å². The Balaban J connectivity index is 1.96. The van der Waals surface area contributed by atoms with Gasteiger partial charge in [0.1, 0.15) is 11.3 Å². The molecule has 0 saturated carbocycles. The smallest absolute Gasteiger partial charge is 0.135 e. The van der Waals surface area contributed by atoms with Crippen molar-refractivity contribution in [2.45, 2.75) is 26.4 Å². The van der Waals surface area contributed by atoms with E-state index in [0.29, 0.717) is 6.04 Å². The normalized spacial score (nSPS) is 11.4. The van der Waals surface area contributed by atoms with Crippen LogP contribution in [0.5, 0.6) is 0 Å².